The minimum atomic E-state index is -0.299. The molecule has 2 aromatic rings. The highest BCUT2D eigenvalue weighted by molar-refractivity contribution is 6.02. The molecule has 0 aliphatic heterocycles. The number of aryl methyl sites for hydroxylation is 1. The minimum absolute atomic E-state index is 0.268. The van der Waals surface area contributed by atoms with Crippen molar-refractivity contribution in [3.63, 3.8) is 0 Å². The number of amides is 1. The van der Waals surface area contributed by atoms with Gasteiger partial charge in [0.25, 0.3) is 5.91 Å². The molecule has 0 aliphatic carbocycles. The van der Waals surface area contributed by atoms with Gasteiger partial charge < -0.3 is 10.6 Å². The van der Waals surface area contributed by atoms with Crippen molar-refractivity contribution < 1.29 is 4.79 Å². The van der Waals surface area contributed by atoms with E-state index in [0.29, 0.717) is 11.5 Å². The molecular weight excluding hydrogens is 242 g/mol. The van der Waals surface area contributed by atoms with Crippen molar-refractivity contribution in [2.75, 3.05) is 17.2 Å². The van der Waals surface area contributed by atoms with E-state index in [1.807, 2.05) is 19.9 Å². The predicted octanol–water partition coefficient (Wildman–Crippen LogP) is 1.86. The number of hydrogen-bond donors (Lipinski definition) is 2. The molecule has 0 saturated heterocycles. The van der Waals surface area contributed by atoms with Crippen LogP contribution in [-0.2, 0) is 0 Å². The molecule has 19 heavy (non-hydrogen) atoms. The summed E-state index contributed by atoms with van der Waals surface area (Å²) < 4.78 is 0. The zero-order valence-corrected chi connectivity index (χ0v) is 10.8. The van der Waals surface area contributed by atoms with Gasteiger partial charge in [-0.1, -0.05) is 0 Å². The molecule has 0 unspecified atom stereocenters. The molecule has 1 amide bonds. The van der Waals surface area contributed by atoms with Crippen molar-refractivity contribution in [2.45, 2.75) is 13.8 Å². The van der Waals surface area contributed by atoms with E-state index in [-0.39, 0.29) is 11.6 Å². The van der Waals surface area contributed by atoms with Gasteiger partial charge in [0, 0.05) is 12.7 Å². The number of anilines is 2. The van der Waals surface area contributed by atoms with Crippen LogP contribution in [0.5, 0.6) is 0 Å². The summed E-state index contributed by atoms with van der Waals surface area (Å²) in [6, 6.07) is 1.83. The van der Waals surface area contributed by atoms with E-state index in [0.717, 1.165) is 12.1 Å². The lowest BCUT2D eigenvalue weighted by Gasteiger charge is -2.07. The Labute approximate surface area is 111 Å². The summed E-state index contributed by atoms with van der Waals surface area (Å²) in [6.45, 7) is 4.62. The Balaban J connectivity index is 2.10. The third kappa shape index (κ3) is 3.25. The molecule has 2 N–H and O–H groups in total. The van der Waals surface area contributed by atoms with E-state index in [9.17, 15) is 4.79 Å². The van der Waals surface area contributed by atoms with Gasteiger partial charge in [-0.25, -0.2) is 9.97 Å². The Morgan fingerprint density at radius 1 is 1.26 bits per heavy atom. The second kappa shape index (κ2) is 5.90. The Morgan fingerprint density at radius 3 is 2.74 bits per heavy atom. The number of nitrogens with one attached hydrogen (secondary N) is 2. The summed E-state index contributed by atoms with van der Waals surface area (Å²) in [7, 11) is 0. The maximum absolute atomic E-state index is 12.0. The lowest BCUT2D eigenvalue weighted by atomic mass is 10.2. The smallest absolute Gasteiger partial charge is 0.275 e. The number of rotatable bonds is 4. The van der Waals surface area contributed by atoms with E-state index < -0.39 is 0 Å². The summed E-state index contributed by atoms with van der Waals surface area (Å²) in [5.41, 5.74) is 1.88. The normalized spacial score (nSPS) is 10.0. The van der Waals surface area contributed by atoms with E-state index >= 15 is 0 Å². The Bertz CT molecular complexity index is 568. The lowest BCUT2D eigenvalue weighted by molar-refractivity contribution is 0.102. The van der Waals surface area contributed by atoms with E-state index in [1.165, 1.54) is 12.4 Å². The standard InChI is InChI=1S/C13H15N5O/c1-3-15-12-8-16-11(7-17-12)13(19)18-10-6-14-5-4-9(10)2/h4-8H,3H2,1-2H3,(H,15,17)(H,18,19). The predicted molar refractivity (Wildman–Crippen MR) is 73.1 cm³/mol. The fraction of sp³-hybridized carbons (Fsp3) is 0.231. The summed E-state index contributed by atoms with van der Waals surface area (Å²) in [5, 5.41) is 5.77. The minimum Gasteiger partial charge on any atom is -0.369 e. The maximum Gasteiger partial charge on any atom is 0.275 e. The molecule has 0 radical (unpaired) electrons. The van der Waals surface area contributed by atoms with Gasteiger partial charge in [0.15, 0.2) is 0 Å². The van der Waals surface area contributed by atoms with E-state index in [1.54, 1.807) is 12.4 Å². The number of pyridine rings is 1. The Hall–Kier alpha value is -2.50. The van der Waals surface area contributed by atoms with E-state index in [4.69, 9.17) is 0 Å². The molecule has 0 spiro atoms. The molecule has 0 aliphatic rings. The SMILES string of the molecule is CCNc1cnc(C(=O)Nc2cnccc2C)cn1. The Kier molecular flexibility index (Phi) is 4.02. The van der Waals surface area contributed by atoms with Gasteiger partial charge in [0.05, 0.1) is 24.3 Å². The van der Waals surface area contributed by atoms with Crippen LogP contribution in [-0.4, -0.2) is 27.4 Å². The van der Waals surface area contributed by atoms with Gasteiger partial charge >= 0.3 is 0 Å². The highest BCUT2D eigenvalue weighted by atomic mass is 16.1. The Morgan fingerprint density at radius 2 is 2.11 bits per heavy atom. The summed E-state index contributed by atoms with van der Waals surface area (Å²) in [4.78, 5) is 24.1. The quantitative estimate of drug-likeness (QED) is 0.874. The molecule has 2 heterocycles. The zero-order valence-electron chi connectivity index (χ0n) is 10.8. The van der Waals surface area contributed by atoms with Gasteiger partial charge in [-0.2, -0.15) is 0 Å². The molecule has 0 bridgehead atoms. The summed E-state index contributed by atoms with van der Waals surface area (Å²) in [5.74, 6) is 0.350. The molecule has 6 nitrogen and oxygen atoms in total. The van der Waals surface area contributed by atoms with Crippen LogP contribution in [0.25, 0.3) is 0 Å². The first kappa shape index (κ1) is 12.9. The molecule has 0 atom stereocenters. The number of carbonyl (C=O) groups excluding carboxylic acids is 1. The second-order valence-electron chi connectivity index (χ2n) is 3.96. The van der Waals surface area contributed by atoms with Crippen LogP contribution in [0.4, 0.5) is 11.5 Å². The van der Waals surface area contributed by atoms with Crippen molar-refractivity contribution in [3.05, 3.63) is 42.1 Å². The van der Waals surface area contributed by atoms with Gasteiger partial charge in [-0.3, -0.25) is 9.78 Å². The van der Waals surface area contributed by atoms with Crippen LogP contribution in [0.1, 0.15) is 23.0 Å². The molecule has 0 fully saturated rings. The van der Waals surface area contributed by atoms with Crippen LogP contribution < -0.4 is 10.6 Å². The van der Waals surface area contributed by atoms with Crippen LogP contribution in [0.2, 0.25) is 0 Å². The highest BCUT2D eigenvalue weighted by Gasteiger charge is 2.09. The lowest BCUT2D eigenvalue weighted by Crippen LogP contribution is -2.15. The number of nitrogens with zero attached hydrogens (tertiary/aromatic N) is 3. The number of hydrogen-bond acceptors (Lipinski definition) is 5. The molecule has 0 aromatic carbocycles. The second-order valence-corrected chi connectivity index (χ2v) is 3.96. The number of aromatic nitrogens is 3. The third-order valence-corrected chi connectivity index (χ3v) is 2.53. The first-order valence-corrected chi connectivity index (χ1v) is 5.98. The van der Waals surface area contributed by atoms with Crippen LogP contribution >= 0.6 is 0 Å². The molecule has 2 rings (SSSR count). The molecule has 98 valence electrons. The fourth-order valence-corrected chi connectivity index (χ4v) is 1.50. The van der Waals surface area contributed by atoms with Crippen molar-refractivity contribution in [1.29, 1.82) is 0 Å². The van der Waals surface area contributed by atoms with Crippen LogP contribution in [0.3, 0.4) is 0 Å². The first-order valence-electron chi connectivity index (χ1n) is 5.98. The average molecular weight is 257 g/mol. The van der Waals surface area contributed by atoms with Gasteiger partial charge in [0.2, 0.25) is 0 Å². The van der Waals surface area contributed by atoms with Crippen molar-refractivity contribution >= 4 is 17.4 Å². The van der Waals surface area contributed by atoms with Gasteiger partial charge in [0.1, 0.15) is 11.5 Å². The topological polar surface area (TPSA) is 79.8 Å². The molecule has 6 heteroatoms. The zero-order chi connectivity index (χ0) is 13.7. The van der Waals surface area contributed by atoms with Crippen molar-refractivity contribution in [3.8, 4) is 0 Å². The van der Waals surface area contributed by atoms with Gasteiger partial charge in [-0.15, -0.1) is 0 Å². The van der Waals surface area contributed by atoms with Crippen molar-refractivity contribution in [2.24, 2.45) is 0 Å². The highest BCUT2D eigenvalue weighted by Crippen LogP contribution is 2.12. The van der Waals surface area contributed by atoms with Crippen molar-refractivity contribution in [1.82, 2.24) is 15.0 Å². The summed E-state index contributed by atoms with van der Waals surface area (Å²) >= 11 is 0. The van der Waals surface area contributed by atoms with Crippen LogP contribution in [0.15, 0.2) is 30.9 Å². The average Bonchev–Trinajstić information content (AvgIpc) is 2.42. The number of carbonyl (C=O) groups is 1. The fourth-order valence-electron chi connectivity index (χ4n) is 1.50. The molecule has 2 aromatic heterocycles. The monoisotopic (exact) mass is 257 g/mol. The molecule has 0 saturated carbocycles. The summed E-state index contributed by atoms with van der Waals surface area (Å²) in [6.07, 6.45) is 6.26. The third-order valence-electron chi connectivity index (χ3n) is 2.53. The maximum atomic E-state index is 12.0. The molecular formula is C13H15N5O. The van der Waals surface area contributed by atoms with Gasteiger partial charge in [-0.05, 0) is 25.5 Å². The van der Waals surface area contributed by atoms with E-state index in [2.05, 4.69) is 25.6 Å². The largest absolute Gasteiger partial charge is 0.369 e. The van der Waals surface area contributed by atoms with Crippen LogP contribution in [0, 0.1) is 6.92 Å². The first-order chi connectivity index (χ1) is 9.20.